The van der Waals surface area contributed by atoms with Crippen LogP contribution < -0.4 is 10.0 Å². The Kier molecular flexibility index (Phi) is 6.21. The molecule has 1 N–H and O–H groups in total. The molecule has 6 nitrogen and oxygen atoms in total. The van der Waals surface area contributed by atoms with E-state index in [4.69, 9.17) is 16.0 Å². The number of amides is 1. The first kappa shape index (κ1) is 20.2. The Morgan fingerprint density at radius 2 is 1.86 bits per heavy atom. The molecule has 3 rings (SSSR count). The van der Waals surface area contributed by atoms with Crippen LogP contribution in [0.5, 0.6) is 0 Å². The first-order valence-electron chi connectivity index (χ1n) is 9.37. The van der Waals surface area contributed by atoms with Gasteiger partial charge in [-0.3, -0.25) is 9.59 Å². The maximum absolute atomic E-state index is 13.1. The predicted molar refractivity (Wildman–Crippen MR) is 103 cm³/mol. The van der Waals surface area contributed by atoms with E-state index in [9.17, 15) is 14.7 Å². The van der Waals surface area contributed by atoms with Crippen molar-refractivity contribution in [3.8, 4) is 0 Å². The predicted octanol–water partition coefficient (Wildman–Crippen LogP) is 1.08. The number of hydrogen-bond donors (Lipinski definition) is 1. The average molecular weight is 403 g/mol. The number of quaternary nitrogens is 1. The molecule has 1 aromatic heterocycles. The van der Waals surface area contributed by atoms with Crippen LogP contribution in [0.1, 0.15) is 31.2 Å². The second-order valence-electron chi connectivity index (χ2n) is 6.70. The number of Topliss-reactive ketones (excluding diaryl/α,β-unsaturated/α-hetero) is 1. The Hall–Kier alpha value is -2.57. The molecule has 0 spiro atoms. The van der Waals surface area contributed by atoms with Crippen molar-refractivity contribution in [1.82, 2.24) is 4.90 Å². The van der Waals surface area contributed by atoms with E-state index in [1.165, 1.54) is 16.1 Å². The fourth-order valence-electron chi connectivity index (χ4n) is 3.48. The van der Waals surface area contributed by atoms with Gasteiger partial charge in [-0.15, -0.1) is 0 Å². The van der Waals surface area contributed by atoms with Crippen LogP contribution in [0.2, 0.25) is 5.02 Å². The number of nitrogens with zero attached hydrogens (tertiary/aromatic N) is 1. The van der Waals surface area contributed by atoms with Gasteiger partial charge in [-0.25, -0.2) is 0 Å². The van der Waals surface area contributed by atoms with Gasteiger partial charge in [0.25, 0.3) is 5.91 Å². The summed E-state index contributed by atoms with van der Waals surface area (Å²) in [7, 11) is 0. The number of ketones is 1. The van der Waals surface area contributed by atoms with Crippen LogP contribution in [0.4, 0.5) is 0 Å². The van der Waals surface area contributed by atoms with Gasteiger partial charge in [0.05, 0.1) is 32.4 Å². The molecule has 0 saturated carbocycles. The minimum Gasteiger partial charge on any atom is -0.872 e. The summed E-state index contributed by atoms with van der Waals surface area (Å²) in [5, 5.41) is 13.6. The third kappa shape index (κ3) is 3.84. The summed E-state index contributed by atoms with van der Waals surface area (Å²) in [6.45, 7) is 7.02. The standard InChI is InChI=1S/C21H23ClN2O4/c1-3-23(4-2)11-12-24-18(16-6-5-13-28-16)17(20(26)21(24)27)19(25)14-7-9-15(22)10-8-14/h5-10,13,18,25H,3-4,11-12H2,1-2H3/b19-17+. The number of hydrogen-bond acceptors (Lipinski definition) is 4. The normalized spacial score (nSPS) is 19.0. The van der Waals surface area contributed by atoms with E-state index in [0.29, 0.717) is 29.4 Å². The number of furan rings is 1. The van der Waals surface area contributed by atoms with Crippen LogP contribution in [-0.2, 0) is 9.59 Å². The molecule has 0 aliphatic carbocycles. The summed E-state index contributed by atoms with van der Waals surface area (Å²) in [5.41, 5.74) is 0.241. The Morgan fingerprint density at radius 3 is 2.43 bits per heavy atom. The van der Waals surface area contributed by atoms with E-state index in [0.717, 1.165) is 13.1 Å². The Labute approximate surface area is 169 Å². The molecule has 1 fully saturated rings. The summed E-state index contributed by atoms with van der Waals surface area (Å²) in [6, 6.07) is 8.83. The van der Waals surface area contributed by atoms with Gasteiger partial charge in [-0.2, -0.15) is 0 Å². The Morgan fingerprint density at radius 1 is 1.18 bits per heavy atom. The van der Waals surface area contributed by atoms with Crippen molar-refractivity contribution in [1.29, 1.82) is 0 Å². The first-order valence-corrected chi connectivity index (χ1v) is 9.75. The molecule has 2 heterocycles. The van der Waals surface area contributed by atoms with E-state index >= 15 is 0 Å². The SMILES string of the molecule is CC[NH+](CC)CCN1C(=O)C(=O)/C(=C(/[O-])c2ccc(Cl)cc2)C1c1ccco1. The molecule has 1 saturated heterocycles. The molecule has 1 amide bonds. The number of likely N-dealkylation sites (N-methyl/N-ethyl adjacent to an activating group) is 1. The summed E-state index contributed by atoms with van der Waals surface area (Å²) < 4.78 is 5.49. The summed E-state index contributed by atoms with van der Waals surface area (Å²) in [6.07, 6.45) is 1.47. The lowest BCUT2D eigenvalue weighted by atomic mass is 9.99. The average Bonchev–Trinajstić information content (AvgIpc) is 3.31. The quantitative estimate of drug-likeness (QED) is 0.427. The van der Waals surface area contributed by atoms with Gasteiger partial charge in [-0.05, 0) is 43.7 Å². The lowest BCUT2D eigenvalue weighted by molar-refractivity contribution is -0.895. The van der Waals surface area contributed by atoms with Crippen LogP contribution in [0.15, 0.2) is 52.7 Å². The fourth-order valence-corrected chi connectivity index (χ4v) is 3.61. The summed E-state index contributed by atoms with van der Waals surface area (Å²) >= 11 is 5.89. The van der Waals surface area contributed by atoms with Gasteiger partial charge in [-0.1, -0.05) is 29.5 Å². The van der Waals surface area contributed by atoms with Crippen molar-refractivity contribution >= 4 is 29.1 Å². The number of nitrogens with one attached hydrogen (secondary N) is 1. The van der Waals surface area contributed by atoms with E-state index in [2.05, 4.69) is 13.8 Å². The Bertz CT molecular complexity index is 870. The van der Waals surface area contributed by atoms with Crippen LogP contribution >= 0.6 is 11.6 Å². The number of halogens is 1. The highest BCUT2D eigenvalue weighted by molar-refractivity contribution is 6.46. The van der Waals surface area contributed by atoms with Crippen LogP contribution in [0.25, 0.3) is 5.76 Å². The Balaban J connectivity index is 2.03. The molecule has 1 aromatic carbocycles. The molecule has 2 aromatic rings. The lowest BCUT2D eigenvalue weighted by Gasteiger charge is -2.26. The topological polar surface area (TPSA) is 78.0 Å². The second kappa shape index (κ2) is 8.63. The minimum absolute atomic E-state index is 0.0724. The highest BCUT2D eigenvalue weighted by Gasteiger charge is 2.45. The van der Waals surface area contributed by atoms with E-state index in [-0.39, 0.29) is 5.57 Å². The molecular formula is C21H23ClN2O4. The largest absolute Gasteiger partial charge is 0.872 e. The molecule has 148 valence electrons. The fraction of sp³-hybridized carbons (Fsp3) is 0.333. The van der Waals surface area contributed by atoms with Crippen molar-refractivity contribution in [2.75, 3.05) is 26.2 Å². The number of rotatable bonds is 7. The van der Waals surface area contributed by atoms with Crippen LogP contribution in [0.3, 0.4) is 0 Å². The van der Waals surface area contributed by atoms with Gasteiger partial charge in [0, 0.05) is 10.6 Å². The molecule has 28 heavy (non-hydrogen) atoms. The van der Waals surface area contributed by atoms with E-state index < -0.39 is 23.5 Å². The summed E-state index contributed by atoms with van der Waals surface area (Å²) in [5.74, 6) is -1.50. The second-order valence-corrected chi connectivity index (χ2v) is 7.14. The minimum atomic E-state index is -0.812. The molecular weight excluding hydrogens is 380 g/mol. The number of carbonyl (C=O) groups is 2. The number of benzene rings is 1. The van der Waals surface area contributed by atoms with Gasteiger partial charge in [0.15, 0.2) is 0 Å². The third-order valence-corrected chi connectivity index (χ3v) is 5.41. The lowest BCUT2D eigenvalue weighted by Crippen LogP contribution is -3.12. The van der Waals surface area contributed by atoms with Gasteiger partial charge in [0.1, 0.15) is 11.8 Å². The third-order valence-electron chi connectivity index (χ3n) is 5.15. The summed E-state index contributed by atoms with van der Waals surface area (Å²) in [4.78, 5) is 28.3. The van der Waals surface area contributed by atoms with Crippen molar-refractivity contribution in [3.05, 3.63) is 64.6 Å². The zero-order valence-electron chi connectivity index (χ0n) is 15.9. The molecule has 1 aliphatic rings. The van der Waals surface area contributed by atoms with Crippen molar-refractivity contribution in [3.63, 3.8) is 0 Å². The highest BCUT2D eigenvalue weighted by Crippen LogP contribution is 2.38. The first-order chi connectivity index (χ1) is 13.5. The molecule has 7 heteroatoms. The van der Waals surface area contributed by atoms with Crippen LogP contribution in [0, 0.1) is 0 Å². The van der Waals surface area contributed by atoms with Crippen molar-refractivity contribution in [2.24, 2.45) is 0 Å². The van der Waals surface area contributed by atoms with Gasteiger partial charge < -0.3 is 19.3 Å². The molecule has 0 bridgehead atoms. The number of carbonyl (C=O) groups excluding carboxylic acids is 2. The van der Waals surface area contributed by atoms with Crippen molar-refractivity contribution in [2.45, 2.75) is 19.9 Å². The van der Waals surface area contributed by atoms with E-state index in [1.807, 2.05) is 0 Å². The van der Waals surface area contributed by atoms with Crippen molar-refractivity contribution < 1.29 is 24.0 Å². The molecule has 0 radical (unpaired) electrons. The zero-order valence-corrected chi connectivity index (χ0v) is 16.7. The van der Waals surface area contributed by atoms with Gasteiger partial charge >= 0.3 is 0 Å². The number of likely N-dealkylation sites (tertiary alicyclic amines) is 1. The smallest absolute Gasteiger partial charge is 0.295 e. The zero-order chi connectivity index (χ0) is 20.3. The monoisotopic (exact) mass is 402 g/mol. The van der Waals surface area contributed by atoms with Gasteiger partial charge in [0.2, 0.25) is 5.78 Å². The molecule has 1 aliphatic heterocycles. The maximum atomic E-state index is 13.1. The molecule has 1 atom stereocenters. The van der Waals surface area contributed by atoms with Crippen LogP contribution in [-0.4, -0.2) is 42.8 Å². The molecule has 1 unspecified atom stereocenters. The highest BCUT2D eigenvalue weighted by atomic mass is 35.5. The van der Waals surface area contributed by atoms with E-state index in [1.54, 1.807) is 36.4 Å². The maximum Gasteiger partial charge on any atom is 0.295 e.